The minimum Gasteiger partial charge on any atom is -0.349 e. The van der Waals surface area contributed by atoms with Gasteiger partial charge in [-0.3, -0.25) is 4.79 Å². The molecule has 1 saturated heterocycles. The maximum Gasteiger partial charge on any atom is 0.271 e. The lowest BCUT2D eigenvalue weighted by Crippen LogP contribution is -2.38. The third-order valence-corrected chi connectivity index (χ3v) is 5.14. The number of carbonyl (C=O) groups excluding carboxylic acids is 1. The molecule has 0 aliphatic carbocycles. The molecule has 124 valence electrons. The average Bonchev–Trinajstić information content (AvgIpc) is 3.18. The van der Waals surface area contributed by atoms with Crippen LogP contribution in [0.25, 0.3) is 10.9 Å². The van der Waals surface area contributed by atoms with Crippen LogP contribution in [0.2, 0.25) is 5.02 Å². The van der Waals surface area contributed by atoms with Gasteiger partial charge in [0.15, 0.2) is 0 Å². The number of aromatic nitrogens is 4. The Balaban J connectivity index is 1.52. The van der Waals surface area contributed by atoms with E-state index in [4.69, 9.17) is 11.6 Å². The van der Waals surface area contributed by atoms with Crippen molar-refractivity contribution in [2.45, 2.75) is 18.8 Å². The van der Waals surface area contributed by atoms with Crippen molar-refractivity contribution in [1.82, 2.24) is 24.6 Å². The Morgan fingerprint density at radius 1 is 1.29 bits per heavy atom. The average molecular weight is 344 g/mol. The SMILES string of the molecule is Cn1cnnc1C1CCN(C(=O)c2[nH]c3ccccc3c2Cl)CC1. The lowest BCUT2D eigenvalue weighted by atomic mass is 9.96. The van der Waals surface area contributed by atoms with Crippen molar-refractivity contribution in [3.8, 4) is 0 Å². The molecule has 1 N–H and O–H groups in total. The van der Waals surface area contributed by atoms with Crippen LogP contribution in [-0.4, -0.2) is 43.6 Å². The van der Waals surface area contributed by atoms with Crippen molar-refractivity contribution < 1.29 is 4.79 Å². The summed E-state index contributed by atoms with van der Waals surface area (Å²) in [7, 11) is 1.96. The highest BCUT2D eigenvalue weighted by atomic mass is 35.5. The first-order valence-corrected chi connectivity index (χ1v) is 8.42. The summed E-state index contributed by atoms with van der Waals surface area (Å²) in [5.41, 5.74) is 1.37. The molecule has 1 aliphatic rings. The van der Waals surface area contributed by atoms with Crippen molar-refractivity contribution in [2.24, 2.45) is 7.05 Å². The molecule has 0 spiro atoms. The van der Waals surface area contributed by atoms with E-state index in [-0.39, 0.29) is 5.91 Å². The summed E-state index contributed by atoms with van der Waals surface area (Å²) in [4.78, 5) is 17.9. The number of fused-ring (bicyclic) bond motifs is 1. The van der Waals surface area contributed by atoms with E-state index in [1.54, 1.807) is 6.33 Å². The monoisotopic (exact) mass is 343 g/mol. The Kier molecular flexibility index (Phi) is 3.76. The summed E-state index contributed by atoms with van der Waals surface area (Å²) in [6.07, 6.45) is 3.49. The molecule has 1 aromatic carbocycles. The zero-order chi connectivity index (χ0) is 16.7. The van der Waals surface area contributed by atoms with Crippen LogP contribution < -0.4 is 0 Å². The van der Waals surface area contributed by atoms with E-state index in [9.17, 15) is 4.79 Å². The highest BCUT2D eigenvalue weighted by molar-refractivity contribution is 6.38. The number of rotatable bonds is 2. The molecule has 2 aromatic heterocycles. The van der Waals surface area contributed by atoms with Crippen LogP contribution in [0.1, 0.15) is 35.1 Å². The fourth-order valence-corrected chi connectivity index (χ4v) is 3.71. The molecule has 7 heteroatoms. The van der Waals surface area contributed by atoms with Crippen LogP contribution >= 0.6 is 11.6 Å². The van der Waals surface area contributed by atoms with E-state index >= 15 is 0 Å². The highest BCUT2D eigenvalue weighted by Crippen LogP contribution is 2.31. The fourth-order valence-electron chi connectivity index (χ4n) is 3.42. The molecule has 1 aliphatic heterocycles. The Bertz CT molecular complexity index is 891. The molecule has 4 rings (SSSR count). The Morgan fingerprint density at radius 2 is 2.04 bits per heavy atom. The number of H-pyrrole nitrogens is 1. The number of nitrogens with zero attached hydrogens (tertiary/aromatic N) is 4. The van der Waals surface area contributed by atoms with Crippen LogP contribution in [0.4, 0.5) is 0 Å². The van der Waals surface area contributed by atoms with Gasteiger partial charge in [0.05, 0.1) is 5.02 Å². The van der Waals surface area contributed by atoms with E-state index in [1.165, 1.54) is 0 Å². The van der Waals surface area contributed by atoms with Crippen LogP contribution in [0.5, 0.6) is 0 Å². The normalized spacial score (nSPS) is 16.0. The van der Waals surface area contributed by atoms with Crippen molar-refractivity contribution in [1.29, 1.82) is 0 Å². The van der Waals surface area contributed by atoms with Crippen molar-refractivity contribution >= 4 is 28.4 Å². The zero-order valence-electron chi connectivity index (χ0n) is 13.4. The number of likely N-dealkylation sites (tertiary alicyclic amines) is 1. The number of aromatic amines is 1. The standard InChI is InChI=1S/C17H18ClN5O/c1-22-10-19-21-16(22)11-6-8-23(9-7-11)17(24)15-14(18)12-4-2-3-5-13(12)20-15/h2-5,10-11,20H,6-9H2,1H3. The number of piperidine rings is 1. The molecule has 1 amide bonds. The van der Waals surface area contributed by atoms with Gasteiger partial charge in [-0.25, -0.2) is 0 Å². The van der Waals surface area contributed by atoms with E-state index in [1.807, 2.05) is 40.8 Å². The van der Waals surface area contributed by atoms with E-state index in [2.05, 4.69) is 15.2 Å². The van der Waals surface area contributed by atoms with Crippen LogP contribution in [-0.2, 0) is 7.05 Å². The van der Waals surface area contributed by atoms with Crippen molar-refractivity contribution in [3.05, 3.63) is 47.1 Å². The van der Waals surface area contributed by atoms with Crippen molar-refractivity contribution in [3.63, 3.8) is 0 Å². The Labute approximate surface area is 144 Å². The predicted molar refractivity (Wildman–Crippen MR) is 92.2 cm³/mol. The topological polar surface area (TPSA) is 66.8 Å². The second-order valence-electron chi connectivity index (χ2n) is 6.23. The number of aryl methyl sites for hydroxylation is 1. The number of nitrogens with one attached hydrogen (secondary N) is 1. The molecular formula is C17H18ClN5O. The third-order valence-electron chi connectivity index (χ3n) is 4.75. The number of carbonyl (C=O) groups is 1. The van der Waals surface area contributed by atoms with E-state index < -0.39 is 0 Å². The molecule has 0 saturated carbocycles. The number of amides is 1. The summed E-state index contributed by atoms with van der Waals surface area (Å²) in [5, 5.41) is 9.53. The number of para-hydroxylation sites is 1. The Hall–Kier alpha value is -2.34. The summed E-state index contributed by atoms with van der Waals surface area (Å²) in [6.45, 7) is 1.39. The summed E-state index contributed by atoms with van der Waals surface area (Å²) < 4.78 is 1.96. The molecule has 1 fully saturated rings. The summed E-state index contributed by atoms with van der Waals surface area (Å²) in [5.74, 6) is 1.30. The van der Waals surface area contributed by atoms with Crippen LogP contribution in [0.3, 0.4) is 0 Å². The molecule has 0 unspecified atom stereocenters. The first-order valence-electron chi connectivity index (χ1n) is 8.04. The van der Waals surface area contributed by atoms with Gasteiger partial charge in [0.25, 0.3) is 5.91 Å². The smallest absolute Gasteiger partial charge is 0.271 e. The van der Waals surface area contributed by atoms with Crippen molar-refractivity contribution in [2.75, 3.05) is 13.1 Å². The van der Waals surface area contributed by atoms with Gasteiger partial charge in [-0.2, -0.15) is 0 Å². The molecule has 3 aromatic rings. The second kappa shape index (κ2) is 5.94. The van der Waals surface area contributed by atoms with Crippen LogP contribution in [0, 0.1) is 0 Å². The summed E-state index contributed by atoms with van der Waals surface area (Å²) >= 11 is 6.40. The first-order chi connectivity index (χ1) is 11.6. The third kappa shape index (κ3) is 2.47. The largest absolute Gasteiger partial charge is 0.349 e. The molecule has 0 bridgehead atoms. The molecule has 6 nitrogen and oxygen atoms in total. The zero-order valence-corrected chi connectivity index (χ0v) is 14.1. The van der Waals surface area contributed by atoms with Gasteiger partial charge < -0.3 is 14.5 Å². The van der Waals surface area contributed by atoms with E-state index in [0.29, 0.717) is 29.7 Å². The number of hydrogen-bond acceptors (Lipinski definition) is 3. The molecular weight excluding hydrogens is 326 g/mol. The molecule has 3 heterocycles. The van der Waals surface area contributed by atoms with Gasteiger partial charge in [0.1, 0.15) is 17.8 Å². The maximum atomic E-state index is 12.8. The minimum atomic E-state index is -0.0346. The fraction of sp³-hybridized carbons (Fsp3) is 0.353. The first kappa shape index (κ1) is 15.2. The van der Waals surface area contributed by atoms with E-state index in [0.717, 1.165) is 29.6 Å². The van der Waals surface area contributed by atoms with Gasteiger partial charge in [0, 0.05) is 37.0 Å². The second-order valence-corrected chi connectivity index (χ2v) is 6.60. The number of halogens is 1. The number of hydrogen-bond donors (Lipinski definition) is 1. The maximum absolute atomic E-state index is 12.8. The molecule has 0 atom stereocenters. The molecule has 24 heavy (non-hydrogen) atoms. The van der Waals surface area contributed by atoms with Gasteiger partial charge in [-0.05, 0) is 18.9 Å². The highest BCUT2D eigenvalue weighted by Gasteiger charge is 2.28. The summed E-state index contributed by atoms with van der Waals surface area (Å²) in [6, 6.07) is 7.70. The number of benzene rings is 1. The predicted octanol–water partition coefficient (Wildman–Crippen LogP) is 2.97. The molecule has 0 radical (unpaired) electrons. The van der Waals surface area contributed by atoms with Gasteiger partial charge in [-0.15, -0.1) is 10.2 Å². The van der Waals surface area contributed by atoms with Gasteiger partial charge in [0.2, 0.25) is 0 Å². The Morgan fingerprint density at radius 3 is 2.71 bits per heavy atom. The quantitative estimate of drug-likeness (QED) is 0.777. The van der Waals surface area contributed by atoms with Gasteiger partial charge >= 0.3 is 0 Å². The van der Waals surface area contributed by atoms with Gasteiger partial charge in [-0.1, -0.05) is 29.8 Å². The minimum absolute atomic E-state index is 0.0346. The lowest BCUT2D eigenvalue weighted by molar-refractivity contribution is 0.0705. The van der Waals surface area contributed by atoms with Crippen LogP contribution in [0.15, 0.2) is 30.6 Å². The lowest BCUT2D eigenvalue weighted by Gasteiger charge is -2.31.